The maximum atomic E-state index is 2.42. The van der Waals surface area contributed by atoms with Crippen LogP contribution in [0, 0.1) is 0 Å². The van der Waals surface area contributed by atoms with Crippen molar-refractivity contribution in [3.8, 4) is 66.8 Å². The number of rotatable bonds is 6. The van der Waals surface area contributed by atoms with E-state index in [1.807, 2.05) is 0 Å². The van der Waals surface area contributed by atoms with Crippen LogP contribution in [0.25, 0.3) is 99.1 Å². The van der Waals surface area contributed by atoms with Crippen LogP contribution in [0.1, 0.15) is 0 Å². The van der Waals surface area contributed by atoms with E-state index < -0.39 is 0 Å². The molecule has 0 fully saturated rings. The van der Waals surface area contributed by atoms with E-state index in [1.165, 1.54) is 99.1 Å². The SMILES string of the molecule is c1ccc(-c2cc(-c3ccccc3)cc(-c3ccc4c5ccccc5c5ccc(-c6cc(-c7ccccc7)cc(-c7ccccc7)c6)cc5c4c3)c2)cc1. The van der Waals surface area contributed by atoms with E-state index in [9.17, 15) is 0 Å². The third-order valence-corrected chi connectivity index (χ3v) is 10.8. The van der Waals surface area contributed by atoms with Crippen molar-refractivity contribution in [3.05, 3.63) is 218 Å². The lowest BCUT2D eigenvalue weighted by molar-refractivity contribution is 1.57. The molecule has 0 amide bonds. The van der Waals surface area contributed by atoms with Crippen molar-refractivity contribution in [2.24, 2.45) is 0 Å². The fraction of sp³-hybridized carbons (Fsp3) is 0. The fourth-order valence-electron chi connectivity index (χ4n) is 8.09. The van der Waals surface area contributed by atoms with Crippen molar-refractivity contribution >= 4 is 32.3 Å². The van der Waals surface area contributed by atoms with Crippen LogP contribution >= 0.6 is 0 Å². The van der Waals surface area contributed by atoms with Crippen LogP contribution in [0.5, 0.6) is 0 Å². The lowest BCUT2D eigenvalue weighted by atomic mass is 9.88. The monoisotopic (exact) mass is 684 g/mol. The molecule has 0 heterocycles. The standard InChI is InChI=1S/C54H36/c1-5-15-37(16-6-1)43-29-44(38-17-7-2-8-18-38)32-47(31-43)41-25-27-51-49-23-13-14-24-50(49)52-28-26-42(36-54(52)53(51)35-41)48-33-45(39-19-9-3-10-20-39)30-46(34-48)40-21-11-4-12-22-40/h1-36H. The summed E-state index contributed by atoms with van der Waals surface area (Å²) in [6.45, 7) is 0. The summed E-state index contributed by atoms with van der Waals surface area (Å²) < 4.78 is 0. The van der Waals surface area contributed by atoms with Crippen LogP contribution in [-0.2, 0) is 0 Å². The third kappa shape index (κ3) is 5.85. The Morgan fingerprint density at radius 2 is 0.370 bits per heavy atom. The van der Waals surface area contributed by atoms with Crippen LogP contribution in [0.2, 0.25) is 0 Å². The van der Waals surface area contributed by atoms with Gasteiger partial charge in [0.25, 0.3) is 0 Å². The molecule has 0 aliphatic carbocycles. The molecule has 0 heteroatoms. The topological polar surface area (TPSA) is 0 Å². The highest BCUT2D eigenvalue weighted by Crippen LogP contribution is 2.41. The minimum atomic E-state index is 1.21. The van der Waals surface area contributed by atoms with Crippen LogP contribution in [-0.4, -0.2) is 0 Å². The van der Waals surface area contributed by atoms with Crippen LogP contribution in [0.4, 0.5) is 0 Å². The molecule has 252 valence electrons. The van der Waals surface area contributed by atoms with Gasteiger partial charge in [0.1, 0.15) is 0 Å². The second-order valence-electron chi connectivity index (χ2n) is 14.1. The molecule has 10 rings (SSSR count). The first-order chi connectivity index (χ1) is 26.7. The maximum absolute atomic E-state index is 2.42. The molecule has 0 aromatic heterocycles. The number of hydrogen-bond donors (Lipinski definition) is 0. The minimum absolute atomic E-state index is 1.21. The number of hydrogen-bond acceptors (Lipinski definition) is 0. The second kappa shape index (κ2) is 13.5. The summed E-state index contributed by atoms with van der Waals surface area (Å²) in [7, 11) is 0. The molecule has 0 nitrogen and oxygen atoms in total. The van der Waals surface area contributed by atoms with Crippen LogP contribution in [0.15, 0.2) is 218 Å². The molecule has 0 N–H and O–H groups in total. The van der Waals surface area contributed by atoms with Crippen molar-refractivity contribution in [2.45, 2.75) is 0 Å². The van der Waals surface area contributed by atoms with Gasteiger partial charge in [0.05, 0.1) is 0 Å². The molecule has 0 aliphatic rings. The third-order valence-electron chi connectivity index (χ3n) is 10.8. The Bertz CT molecular complexity index is 2620. The molecular weight excluding hydrogens is 649 g/mol. The predicted molar refractivity (Wildman–Crippen MR) is 232 cm³/mol. The van der Waals surface area contributed by atoms with Gasteiger partial charge in [0.2, 0.25) is 0 Å². The lowest BCUT2D eigenvalue weighted by Crippen LogP contribution is -1.89. The molecule has 0 saturated heterocycles. The van der Waals surface area contributed by atoms with Crippen LogP contribution in [0.3, 0.4) is 0 Å². The smallest absolute Gasteiger partial charge is 0.00926 e. The van der Waals surface area contributed by atoms with E-state index in [0.717, 1.165) is 0 Å². The normalized spacial score (nSPS) is 11.3. The summed E-state index contributed by atoms with van der Waals surface area (Å²) in [6.07, 6.45) is 0. The van der Waals surface area contributed by atoms with Crippen molar-refractivity contribution in [2.75, 3.05) is 0 Å². The first-order valence-electron chi connectivity index (χ1n) is 18.7. The molecule has 0 saturated carbocycles. The molecule has 0 aliphatic heterocycles. The largest absolute Gasteiger partial charge is 0.0622 e. The van der Waals surface area contributed by atoms with Gasteiger partial charge in [-0.2, -0.15) is 0 Å². The Morgan fingerprint density at radius 3 is 0.667 bits per heavy atom. The summed E-state index contributed by atoms with van der Waals surface area (Å²) in [5.74, 6) is 0. The van der Waals surface area contributed by atoms with Gasteiger partial charge in [0, 0.05) is 0 Å². The fourth-order valence-corrected chi connectivity index (χ4v) is 8.09. The zero-order valence-corrected chi connectivity index (χ0v) is 29.8. The number of benzene rings is 10. The second-order valence-corrected chi connectivity index (χ2v) is 14.1. The Kier molecular flexibility index (Phi) is 7.93. The highest BCUT2D eigenvalue weighted by Gasteiger charge is 2.14. The first kappa shape index (κ1) is 31.7. The van der Waals surface area contributed by atoms with E-state index in [2.05, 4.69) is 218 Å². The zero-order chi connectivity index (χ0) is 35.8. The molecule has 10 aromatic rings. The first-order valence-corrected chi connectivity index (χ1v) is 18.7. The predicted octanol–water partition coefficient (Wildman–Crippen LogP) is 15.1. The summed E-state index contributed by atoms with van der Waals surface area (Å²) in [4.78, 5) is 0. The maximum Gasteiger partial charge on any atom is -0.00926 e. The van der Waals surface area contributed by atoms with Crippen molar-refractivity contribution < 1.29 is 0 Å². The van der Waals surface area contributed by atoms with E-state index in [0.29, 0.717) is 0 Å². The Morgan fingerprint density at radius 1 is 0.130 bits per heavy atom. The molecule has 0 spiro atoms. The lowest BCUT2D eigenvalue weighted by Gasteiger charge is -2.16. The minimum Gasteiger partial charge on any atom is -0.0622 e. The summed E-state index contributed by atoms with van der Waals surface area (Å²) in [5, 5.41) is 7.61. The Hall–Kier alpha value is -7.02. The van der Waals surface area contributed by atoms with Gasteiger partial charge in [0.15, 0.2) is 0 Å². The average molecular weight is 685 g/mol. The molecule has 0 radical (unpaired) electrons. The van der Waals surface area contributed by atoms with Crippen molar-refractivity contribution in [3.63, 3.8) is 0 Å². The van der Waals surface area contributed by atoms with Gasteiger partial charge >= 0.3 is 0 Å². The molecule has 10 aromatic carbocycles. The zero-order valence-electron chi connectivity index (χ0n) is 29.8. The summed E-state index contributed by atoms with van der Waals surface area (Å²) in [5.41, 5.74) is 14.5. The molecule has 54 heavy (non-hydrogen) atoms. The van der Waals surface area contributed by atoms with E-state index in [-0.39, 0.29) is 0 Å². The molecule has 0 atom stereocenters. The van der Waals surface area contributed by atoms with Crippen LogP contribution < -0.4 is 0 Å². The van der Waals surface area contributed by atoms with Gasteiger partial charge in [-0.05, 0) is 148 Å². The van der Waals surface area contributed by atoms with Gasteiger partial charge < -0.3 is 0 Å². The molecular formula is C54H36. The average Bonchev–Trinajstić information content (AvgIpc) is 3.27. The summed E-state index contributed by atoms with van der Waals surface area (Å²) >= 11 is 0. The van der Waals surface area contributed by atoms with Gasteiger partial charge in [-0.3, -0.25) is 0 Å². The summed E-state index contributed by atoms with van der Waals surface area (Å²) in [6, 6.07) is 79.9. The quantitative estimate of drug-likeness (QED) is 0.153. The number of fused-ring (bicyclic) bond motifs is 6. The van der Waals surface area contributed by atoms with E-state index in [1.54, 1.807) is 0 Å². The Labute approximate surface area is 316 Å². The van der Waals surface area contributed by atoms with Crippen molar-refractivity contribution in [1.29, 1.82) is 0 Å². The van der Waals surface area contributed by atoms with Gasteiger partial charge in [-0.15, -0.1) is 0 Å². The Balaban J connectivity index is 1.20. The molecule has 0 unspecified atom stereocenters. The highest BCUT2D eigenvalue weighted by molar-refractivity contribution is 6.26. The van der Waals surface area contributed by atoms with Crippen molar-refractivity contribution in [1.82, 2.24) is 0 Å². The molecule has 0 bridgehead atoms. The van der Waals surface area contributed by atoms with E-state index >= 15 is 0 Å². The van der Waals surface area contributed by atoms with Gasteiger partial charge in [-0.25, -0.2) is 0 Å². The van der Waals surface area contributed by atoms with Gasteiger partial charge in [-0.1, -0.05) is 170 Å². The highest BCUT2D eigenvalue weighted by atomic mass is 14.2. The van der Waals surface area contributed by atoms with E-state index in [4.69, 9.17) is 0 Å².